The van der Waals surface area contributed by atoms with Gasteiger partial charge in [-0.2, -0.15) is 0 Å². The van der Waals surface area contributed by atoms with E-state index in [0.29, 0.717) is 12.5 Å². The Kier molecular flexibility index (Phi) is 6.60. The number of carbonyl (C=O) groups is 2. The highest BCUT2D eigenvalue weighted by Gasteiger charge is 2.23. The second-order valence-electron chi connectivity index (χ2n) is 5.65. The summed E-state index contributed by atoms with van der Waals surface area (Å²) in [4.78, 5) is 21.4. The van der Waals surface area contributed by atoms with Crippen LogP contribution in [0, 0.1) is 17.8 Å². The first-order valence-corrected chi connectivity index (χ1v) is 7.06. The number of carboxylic acid groups (broad SMARTS) is 1. The van der Waals surface area contributed by atoms with Crippen LogP contribution in [0.4, 0.5) is 0 Å². The molecule has 0 aliphatic heterocycles. The highest BCUT2D eigenvalue weighted by atomic mass is 16.5. The molecule has 0 unspecified atom stereocenters. The van der Waals surface area contributed by atoms with Crippen molar-refractivity contribution in [2.24, 2.45) is 17.8 Å². The van der Waals surface area contributed by atoms with E-state index in [0.717, 1.165) is 30.4 Å². The lowest BCUT2D eigenvalue weighted by atomic mass is 9.76. The fourth-order valence-electron chi connectivity index (χ4n) is 2.66. The Balaban J connectivity index is 2.14. The molecule has 4 nitrogen and oxygen atoms in total. The van der Waals surface area contributed by atoms with Gasteiger partial charge in [-0.3, -0.25) is 0 Å². The molecule has 0 amide bonds. The zero-order chi connectivity index (χ0) is 14.3. The maximum Gasteiger partial charge on any atom is 0.331 e. The lowest BCUT2D eigenvalue weighted by molar-refractivity contribution is -0.139. The number of carboxylic acids is 1. The largest absolute Gasteiger partial charge is 0.478 e. The minimum atomic E-state index is -1.14. The van der Waals surface area contributed by atoms with Gasteiger partial charge in [-0.25, -0.2) is 9.59 Å². The summed E-state index contributed by atoms with van der Waals surface area (Å²) in [7, 11) is 0. The van der Waals surface area contributed by atoms with Gasteiger partial charge in [0.1, 0.15) is 0 Å². The molecule has 0 saturated heterocycles. The molecule has 4 heteroatoms. The van der Waals surface area contributed by atoms with Gasteiger partial charge in [0, 0.05) is 12.2 Å². The first kappa shape index (κ1) is 15.7. The van der Waals surface area contributed by atoms with E-state index >= 15 is 0 Å². The molecule has 1 aliphatic rings. The Bertz CT molecular complexity index is 325. The highest BCUT2D eigenvalue weighted by molar-refractivity contribution is 5.90. The molecule has 1 aliphatic carbocycles. The molecule has 1 saturated carbocycles. The van der Waals surface area contributed by atoms with Crippen LogP contribution in [0.5, 0.6) is 0 Å². The zero-order valence-corrected chi connectivity index (χ0v) is 11.8. The maximum absolute atomic E-state index is 11.2. The van der Waals surface area contributed by atoms with Crippen LogP contribution in [-0.2, 0) is 14.3 Å². The van der Waals surface area contributed by atoms with E-state index in [2.05, 4.69) is 13.8 Å². The molecule has 0 aromatic heterocycles. The van der Waals surface area contributed by atoms with Gasteiger partial charge in [0.05, 0.1) is 6.61 Å². The second-order valence-corrected chi connectivity index (χ2v) is 5.65. The summed E-state index contributed by atoms with van der Waals surface area (Å²) in [5, 5.41) is 8.37. The van der Waals surface area contributed by atoms with Crippen molar-refractivity contribution in [1.29, 1.82) is 0 Å². The average Bonchev–Trinajstić information content (AvgIpc) is 2.37. The number of hydrogen-bond acceptors (Lipinski definition) is 3. The summed E-state index contributed by atoms with van der Waals surface area (Å²) in [6.45, 7) is 4.95. The molecule has 0 radical (unpaired) electrons. The molecule has 1 fully saturated rings. The molecule has 0 heterocycles. The monoisotopic (exact) mass is 268 g/mol. The minimum Gasteiger partial charge on any atom is -0.478 e. The van der Waals surface area contributed by atoms with Gasteiger partial charge in [-0.1, -0.05) is 26.7 Å². The van der Waals surface area contributed by atoms with E-state index in [4.69, 9.17) is 9.84 Å². The number of esters is 1. The van der Waals surface area contributed by atoms with E-state index in [1.807, 2.05) is 0 Å². The van der Waals surface area contributed by atoms with Gasteiger partial charge in [-0.15, -0.1) is 0 Å². The van der Waals surface area contributed by atoms with Crippen molar-refractivity contribution in [3.63, 3.8) is 0 Å². The lowest BCUT2D eigenvalue weighted by Crippen LogP contribution is -2.20. The van der Waals surface area contributed by atoms with Gasteiger partial charge in [0.2, 0.25) is 0 Å². The molecular formula is C15H24O4. The number of rotatable bonds is 6. The molecule has 1 rings (SSSR count). The normalized spacial score (nSPS) is 23.7. The Hall–Kier alpha value is -1.32. The van der Waals surface area contributed by atoms with Crippen molar-refractivity contribution >= 4 is 11.9 Å². The third-order valence-corrected chi connectivity index (χ3v) is 3.97. The van der Waals surface area contributed by atoms with Crippen LogP contribution in [0.3, 0.4) is 0 Å². The molecule has 0 spiro atoms. The third-order valence-electron chi connectivity index (χ3n) is 3.97. The first-order chi connectivity index (χ1) is 8.99. The summed E-state index contributed by atoms with van der Waals surface area (Å²) in [6.07, 6.45) is 7.62. The van der Waals surface area contributed by atoms with Crippen molar-refractivity contribution in [2.45, 2.75) is 46.0 Å². The Morgan fingerprint density at radius 2 is 1.84 bits per heavy atom. The maximum atomic E-state index is 11.2. The van der Waals surface area contributed by atoms with Gasteiger partial charge in [0.15, 0.2) is 0 Å². The van der Waals surface area contributed by atoms with Crippen molar-refractivity contribution in [1.82, 2.24) is 0 Å². The van der Waals surface area contributed by atoms with Crippen molar-refractivity contribution in [3.05, 3.63) is 12.2 Å². The van der Waals surface area contributed by atoms with E-state index < -0.39 is 11.9 Å². The van der Waals surface area contributed by atoms with E-state index in [-0.39, 0.29) is 0 Å². The molecule has 0 atom stereocenters. The van der Waals surface area contributed by atoms with Crippen LogP contribution in [0.1, 0.15) is 46.0 Å². The minimum absolute atomic E-state index is 0.389. The molecule has 0 aromatic carbocycles. The lowest BCUT2D eigenvalue weighted by Gasteiger charge is -2.30. The Labute approximate surface area is 114 Å². The quantitative estimate of drug-likeness (QED) is 0.594. The van der Waals surface area contributed by atoms with E-state index in [1.165, 1.54) is 25.7 Å². The number of carbonyl (C=O) groups excluding carboxylic acids is 1. The molecular weight excluding hydrogens is 244 g/mol. The molecule has 1 N–H and O–H groups in total. The standard InChI is InChI=1S/C15H24O4/c1-11(2)13-5-3-12(4-6-13)9-10-19-15(18)8-7-14(16)17/h7-8,11-13H,3-6,9-10H2,1-2H3,(H,16,17)/b8-7+. The predicted octanol–water partition coefficient (Wildman–Crippen LogP) is 3.02. The molecule has 0 bridgehead atoms. The van der Waals surface area contributed by atoms with Crippen LogP contribution in [-0.4, -0.2) is 23.7 Å². The fourth-order valence-corrected chi connectivity index (χ4v) is 2.66. The summed E-state index contributed by atoms with van der Waals surface area (Å²) in [5.74, 6) is 0.547. The molecule has 0 aromatic rings. The topological polar surface area (TPSA) is 63.6 Å². The van der Waals surface area contributed by atoms with Crippen LogP contribution in [0.15, 0.2) is 12.2 Å². The van der Waals surface area contributed by atoms with Gasteiger partial charge < -0.3 is 9.84 Å². The Morgan fingerprint density at radius 3 is 2.37 bits per heavy atom. The van der Waals surface area contributed by atoms with E-state index in [1.54, 1.807) is 0 Å². The first-order valence-electron chi connectivity index (χ1n) is 7.06. The average molecular weight is 268 g/mol. The zero-order valence-electron chi connectivity index (χ0n) is 11.8. The van der Waals surface area contributed by atoms with Gasteiger partial charge >= 0.3 is 11.9 Å². The van der Waals surface area contributed by atoms with E-state index in [9.17, 15) is 9.59 Å². The van der Waals surface area contributed by atoms with Crippen molar-refractivity contribution in [3.8, 4) is 0 Å². The summed E-state index contributed by atoms with van der Waals surface area (Å²) in [5.41, 5.74) is 0. The highest BCUT2D eigenvalue weighted by Crippen LogP contribution is 2.34. The SMILES string of the molecule is CC(C)C1CCC(CCOC(=O)/C=C/C(=O)O)CC1. The smallest absolute Gasteiger partial charge is 0.331 e. The van der Waals surface area contributed by atoms with Crippen LogP contribution in [0.25, 0.3) is 0 Å². The second kappa shape index (κ2) is 7.97. The van der Waals surface area contributed by atoms with Crippen molar-refractivity contribution < 1.29 is 19.4 Å². The third kappa shape index (κ3) is 6.41. The number of hydrogen-bond donors (Lipinski definition) is 1. The molecule has 108 valence electrons. The van der Waals surface area contributed by atoms with Crippen LogP contribution < -0.4 is 0 Å². The fraction of sp³-hybridized carbons (Fsp3) is 0.733. The van der Waals surface area contributed by atoms with Gasteiger partial charge in [0.25, 0.3) is 0 Å². The summed E-state index contributed by atoms with van der Waals surface area (Å²) < 4.78 is 4.98. The number of ether oxygens (including phenoxy) is 1. The van der Waals surface area contributed by atoms with Gasteiger partial charge in [-0.05, 0) is 37.0 Å². The Morgan fingerprint density at radius 1 is 1.21 bits per heavy atom. The predicted molar refractivity (Wildman–Crippen MR) is 72.6 cm³/mol. The van der Waals surface area contributed by atoms with Crippen LogP contribution >= 0.6 is 0 Å². The van der Waals surface area contributed by atoms with Crippen LogP contribution in [0.2, 0.25) is 0 Å². The summed E-state index contributed by atoms with van der Waals surface area (Å²) in [6, 6.07) is 0. The number of aliphatic carboxylic acids is 1. The molecule has 19 heavy (non-hydrogen) atoms. The summed E-state index contributed by atoms with van der Waals surface area (Å²) >= 11 is 0. The van der Waals surface area contributed by atoms with Crippen molar-refractivity contribution in [2.75, 3.05) is 6.61 Å².